The third-order valence-electron chi connectivity index (χ3n) is 20.2. The van der Waals surface area contributed by atoms with Gasteiger partial charge in [0.2, 0.25) is 5.91 Å². The number of aliphatic hydroxyl groups is 2. The van der Waals surface area contributed by atoms with Gasteiger partial charge in [-0.15, -0.1) is 0 Å². The molecule has 0 aliphatic carbocycles. The molecular formula is C87H167NO5. The molecule has 2 unspecified atom stereocenters. The Morgan fingerprint density at radius 1 is 0.301 bits per heavy atom. The Kier molecular flexibility index (Phi) is 80.8. The number of ether oxygens (including phenoxy) is 1. The number of esters is 1. The number of carbonyl (C=O) groups excluding carboxylic acids is 2. The zero-order valence-electron chi connectivity index (χ0n) is 63.3. The van der Waals surface area contributed by atoms with E-state index in [1.54, 1.807) is 6.08 Å². The van der Waals surface area contributed by atoms with Gasteiger partial charge in [-0.25, -0.2) is 0 Å². The van der Waals surface area contributed by atoms with Crippen LogP contribution in [0.2, 0.25) is 0 Å². The molecule has 0 rings (SSSR count). The molecule has 0 heterocycles. The zero-order valence-corrected chi connectivity index (χ0v) is 63.3. The Morgan fingerprint density at radius 3 is 0.828 bits per heavy atom. The summed E-state index contributed by atoms with van der Waals surface area (Å²) >= 11 is 0. The molecule has 0 radical (unpaired) electrons. The normalized spacial score (nSPS) is 12.6. The highest BCUT2D eigenvalue weighted by molar-refractivity contribution is 5.76. The molecule has 0 aliphatic heterocycles. The Morgan fingerprint density at radius 2 is 0.538 bits per heavy atom. The molecule has 1 amide bonds. The molecule has 550 valence electrons. The number of rotatable bonds is 81. The van der Waals surface area contributed by atoms with Crippen LogP contribution in [0.15, 0.2) is 36.5 Å². The van der Waals surface area contributed by atoms with Crippen molar-refractivity contribution in [2.45, 2.75) is 495 Å². The first-order valence-electron chi connectivity index (χ1n) is 42.8. The number of allylic oxidation sites excluding steroid dienone is 5. The summed E-state index contributed by atoms with van der Waals surface area (Å²) < 4.78 is 5.51. The average molecular weight is 1310 g/mol. The van der Waals surface area contributed by atoms with Gasteiger partial charge in [0, 0.05) is 12.8 Å². The predicted molar refractivity (Wildman–Crippen MR) is 412 cm³/mol. The lowest BCUT2D eigenvalue weighted by Gasteiger charge is -2.20. The Bertz CT molecular complexity index is 1510. The SMILES string of the molecule is CCCCCC/C=C\C/C=C\CCCCCCCCCC(=O)OCCCCCCCCCCCCCCCCCCCCCCCCCCCCCCCCCCCCCC(=O)NC(CO)C(O)/C=C/CCCCCCCCCCCCCCCCCCCCCCC. The molecule has 6 nitrogen and oxygen atoms in total. The van der Waals surface area contributed by atoms with Gasteiger partial charge in [-0.3, -0.25) is 9.59 Å². The van der Waals surface area contributed by atoms with Crippen molar-refractivity contribution in [3.05, 3.63) is 36.5 Å². The molecular weight excluding hydrogens is 1140 g/mol. The number of aliphatic hydroxyl groups excluding tert-OH is 2. The fraction of sp³-hybridized carbons (Fsp3) is 0.908. The van der Waals surface area contributed by atoms with Crippen LogP contribution < -0.4 is 5.32 Å². The Labute approximate surface area is 583 Å². The summed E-state index contributed by atoms with van der Waals surface area (Å²) in [5.41, 5.74) is 0. The van der Waals surface area contributed by atoms with E-state index >= 15 is 0 Å². The minimum atomic E-state index is -0.842. The van der Waals surface area contributed by atoms with E-state index in [2.05, 4.69) is 43.5 Å². The van der Waals surface area contributed by atoms with Gasteiger partial charge < -0.3 is 20.3 Å². The van der Waals surface area contributed by atoms with Crippen molar-refractivity contribution in [2.75, 3.05) is 13.2 Å². The number of nitrogens with one attached hydrogen (secondary N) is 1. The van der Waals surface area contributed by atoms with E-state index in [1.807, 2.05) is 6.08 Å². The quantitative estimate of drug-likeness (QED) is 0.0320. The van der Waals surface area contributed by atoms with E-state index < -0.39 is 12.1 Å². The zero-order chi connectivity index (χ0) is 67.0. The number of carbonyl (C=O) groups is 2. The molecule has 0 fully saturated rings. The van der Waals surface area contributed by atoms with Gasteiger partial charge in [0.05, 0.1) is 25.4 Å². The summed E-state index contributed by atoms with van der Waals surface area (Å²) in [5, 5.41) is 23.3. The fourth-order valence-electron chi connectivity index (χ4n) is 13.7. The smallest absolute Gasteiger partial charge is 0.305 e. The van der Waals surface area contributed by atoms with Crippen LogP contribution in [0.3, 0.4) is 0 Å². The summed E-state index contributed by atoms with van der Waals surface area (Å²) in [4.78, 5) is 24.7. The molecule has 0 bridgehead atoms. The van der Waals surface area contributed by atoms with Crippen molar-refractivity contribution in [1.29, 1.82) is 0 Å². The summed E-state index contributed by atoms with van der Waals surface area (Å²) in [7, 11) is 0. The topological polar surface area (TPSA) is 95.9 Å². The maximum atomic E-state index is 12.6. The minimum Gasteiger partial charge on any atom is -0.466 e. The summed E-state index contributed by atoms with van der Waals surface area (Å²) in [6.07, 6.45) is 109. The first-order valence-corrected chi connectivity index (χ1v) is 42.8. The molecule has 0 aromatic heterocycles. The Hall–Kier alpha value is -1.92. The average Bonchev–Trinajstić information content (AvgIpc) is 3.72. The van der Waals surface area contributed by atoms with Crippen LogP contribution in [-0.2, 0) is 14.3 Å². The number of unbranched alkanes of at least 4 members (excludes halogenated alkanes) is 66. The lowest BCUT2D eigenvalue weighted by atomic mass is 10.0. The van der Waals surface area contributed by atoms with Crippen LogP contribution in [0.5, 0.6) is 0 Å². The van der Waals surface area contributed by atoms with Gasteiger partial charge in [0.1, 0.15) is 0 Å². The first kappa shape index (κ1) is 91.1. The lowest BCUT2D eigenvalue weighted by Crippen LogP contribution is -2.45. The molecule has 0 aliphatic rings. The van der Waals surface area contributed by atoms with Crippen LogP contribution in [0.25, 0.3) is 0 Å². The molecule has 0 spiro atoms. The van der Waals surface area contributed by atoms with Crippen LogP contribution in [-0.4, -0.2) is 47.4 Å². The summed E-state index contributed by atoms with van der Waals surface area (Å²) in [6, 6.07) is -0.625. The van der Waals surface area contributed by atoms with Gasteiger partial charge in [-0.1, -0.05) is 442 Å². The second-order valence-electron chi connectivity index (χ2n) is 29.5. The third-order valence-corrected chi connectivity index (χ3v) is 20.2. The monoisotopic (exact) mass is 1310 g/mol. The molecule has 93 heavy (non-hydrogen) atoms. The van der Waals surface area contributed by atoms with Crippen molar-refractivity contribution in [3.63, 3.8) is 0 Å². The molecule has 0 aromatic rings. The largest absolute Gasteiger partial charge is 0.466 e. The van der Waals surface area contributed by atoms with Crippen LogP contribution in [0, 0.1) is 0 Å². The van der Waals surface area contributed by atoms with Gasteiger partial charge in [-0.2, -0.15) is 0 Å². The highest BCUT2D eigenvalue weighted by atomic mass is 16.5. The molecule has 0 saturated carbocycles. The molecule has 6 heteroatoms. The first-order chi connectivity index (χ1) is 46.0. The van der Waals surface area contributed by atoms with Gasteiger partial charge in [0.25, 0.3) is 0 Å². The number of hydrogen-bond donors (Lipinski definition) is 3. The highest BCUT2D eigenvalue weighted by Gasteiger charge is 2.18. The molecule has 2 atom stereocenters. The number of amides is 1. The van der Waals surface area contributed by atoms with Crippen LogP contribution >= 0.6 is 0 Å². The second kappa shape index (κ2) is 82.5. The standard InChI is InChI=1S/C87H167NO5/c1-3-5-7-9-11-13-15-17-19-21-23-24-38-41-44-47-51-55-59-63-67-71-75-79-85(90)84(83-89)88-86(91)80-76-72-68-64-60-56-52-48-45-42-39-36-34-32-30-28-26-25-27-29-31-33-35-37-40-43-46-50-54-58-62-66-70-74-78-82-93-87(92)81-77-73-69-65-61-57-53-49-22-20-18-16-14-12-10-8-6-4-2/h14,16,20,22,75,79,84-85,89-90H,3-13,15,17-19,21,23-74,76-78,80-83H2,1-2H3,(H,88,91)/b16-14-,22-20-,79-75+. The van der Waals surface area contributed by atoms with Crippen molar-refractivity contribution in [3.8, 4) is 0 Å². The summed E-state index contributed by atoms with van der Waals surface area (Å²) in [5.74, 6) is -0.0414. The van der Waals surface area contributed by atoms with E-state index in [-0.39, 0.29) is 18.5 Å². The van der Waals surface area contributed by atoms with Crippen molar-refractivity contribution in [2.24, 2.45) is 0 Å². The minimum absolute atomic E-state index is 0.0159. The molecule has 0 aromatic carbocycles. The van der Waals surface area contributed by atoms with Gasteiger partial charge in [-0.05, 0) is 64.2 Å². The third kappa shape index (κ3) is 79.0. The highest BCUT2D eigenvalue weighted by Crippen LogP contribution is 2.21. The molecule has 3 N–H and O–H groups in total. The van der Waals surface area contributed by atoms with E-state index in [9.17, 15) is 19.8 Å². The maximum absolute atomic E-state index is 12.6. The van der Waals surface area contributed by atoms with Crippen LogP contribution in [0.4, 0.5) is 0 Å². The van der Waals surface area contributed by atoms with E-state index in [4.69, 9.17) is 4.74 Å². The van der Waals surface area contributed by atoms with Crippen molar-refractivity contribution < 1.29 is 24.5 Å². The second-order valence-corrected chi connectivity index (χ2v) is 29.5. The van der Waals surface area contributed by atoms with Gasteiger partial charge >= 0.3 is 5.97 Å². The van der Waals surface area contributed by atoms with Crippen molar-refractivity contribution in [1.82, 2.24) is 5.32 Å². The van der Waals surface area contributed by atoms with E-state index in [1.165, 1.54) is 405 Å². The van der Waals surface area contributed by atoms with Gasteiger partial charge in [0.15, 0.2) is 0 Å². The maximum Gasteiger partial charge on any atom is 0.305 e. The fourth-order valence-corrected chi connectivity index (χ4v) is 13.7. The summed E-state index contributed by atoms with van der Waals surface area (Å²) in [6.45, 7) is 4.94. The van der Waals surface area contributed by atoms with E-state index in [0.717, 1.165) is 51.4 Å². The Balaban J connectivity index is 3.33. The predicted octanol–water partition coefficient (Wildman–Crippen LogP) is 28.6. The number of hydrogen-bond acceptors (Lipinski definition) is 5. The van der Waals surface area contributed by atoms with E-state index in [0.29, 0.717) is 19.4 Å². The molecule has 0 saturated heterocycles. The lowest BCUT2D eigenvalue weighted by molar-refractivity contribution is -0.143. The van der Waals surface area contributed by atoms with Crippen LogP contribution in [0.1, 0.15) is 483 Å². The van der Waals surface area contributed by atoms with Crippen molar-refractivity contribution >= 4 is 11.9 Å².